The van der Waals surface area contributed by atoms with Crippen molar-refractivity contribution < 1.29 is 0 Å². The standard InChI is InChI=1S/C20H16N4S/c1-15-18(14-22-24(15)20-21-12-13-25-20)23-19(16-8-4-2-5-9-16)17-10-6-3-7-11-17/h2-14H,1H3. The summed E-state index contributed by atoms with van der Waals surface area (Å²) in [6.45, 7) is 2.01. The SMILES string of the molecule is Cc1c(N=C(c2ccccc2)c2ccccc2)cnn1-c1nccs1. The predicted molar refractivity (Wildman–Crippen MR) is 102 cm³/mol. The van der Waals surface area contributed by atoms with Crippen molar-refractivity contribution in [2.24, 2.45) is 4.99 Å². The van der Waals surface area contributed by atoms with Gasteiger partial charge in [-0.1, -0.05) is 60.7 Å². The molecule has 0 spiro atoms. The lowest BCUT2D eigenvalue weighted by Gasteiger charge is -2.07. The molecule has 122 valence electrons. The molecular formula is C20H16N4S. The summed E-state index contributed by atoms with van der Waals surface area (Å²) in [6, 6.07) is 20.4. The molecule has 0 saturated heterocycles. The van der Waals surface area contributed by atoms with Crippen LogP contribution in [0.3, 0.4) is 0 Å². The number of hydrogen-bond acceptors (Lipinski definition) is 4. The molecule has 0 bridgehead atoms. The average Bonchev–Trinajstić information content (AvgIpc) is 3.31. The fourth-order valence-corrected chi connectivity index (χ4v) is 3.28. The summed E-state index contributed by atoms with van der Waals surface area (Å²) in [5.41, 5.74) is 4.91. The topological polar surface area (TPSA) is 43.1 Å². The molecule has 4 rings (SSSR count). The molecule has 0 aliphatic carbocycles. The minimum Gasteiger partial charge on any atom is -0.244 e. The van der Waals surface area contributed by atoms with Crippen LogP contribution in [0.2, 0.25) is 0 Å². The second kappa shape index (κ2) is 6.83. The molecule has 0 radical (unpaired) electrons. The Morgan fingerprint density at radius 3 is 2.16 bits per heavy atom. The van der Waals surface area contributed by atoms with Gasteiger partial charge in [0.25, 0.3) is 0 Å². The Balaban J connectivity index is 1.83. The van der Waals surface area contributed by atoms with Gasteiger partial charge < -0.3 is 0 Å². The van der Waals surface area contributed by atoms with Gasteiger partial charge >= 0.3 is 0 Å². The maximum atomic E-state index is 4.94. The lowest BCUT2D eigenvalue weighted by molar-refractivity contribution is 0.838. The molecule has 2 aromatic carbocycles. The quantitative estimate of drug-likeness (QED) is 0.499. The third-order valence-corrected chi connectivity index (χ3v) is 4.66. The summed E-state index contributed by atoms with van der Waals surface area (Å²) in [4.78, 5) is 9.27. The fourth-order valence-electron chi connectivity index (χ4n) is 2.63. The van der Waals surface area contributed by atoms with Gasteiger partial charge in [0.2, 0.25) is 5.13 Å². The van der Waals surface area contributed by atoms with Crippen molar-refractivity contribution in [3.8, 4) is 5.13 Å². The molecule has 0 amide bonds. The summed E-state index contributed by atoms with van der Waals surface area (Å²) < 4.78 is 1.83. The predicted octanol–water partition coefficient (Wildman–Crippen LogP) is 4.81. The van der Waals surface area contributed by atoms with E-state index >= 15 is 0 Å². The fraction of sp³-hybridized carbons (Fsp3) is 0.0500. The van der Waals surface area contributed by atoms with E-state index in [1.165, 1.54) is 0 Å². The average molecular weight is 344 g/mol. The molecule has 0 N–H and O–H groups in total. The van der Waals surface area contributed by atoms with Gasteiger partial charge in [-0.05, 0) is 6.92 Å². The summed E-state index contributed by atoms with van der Waals surface area (Å²) >= 11 is 1.56. The van der Waals surface area contributed by atoms with Crippen LogP contribution >= 0.6 is 11.3 Å². The van der Waals surface area contributed by atoms with Crippen molar-refractivity contribution in [2.45, 2.75) is 6.92 Å². The zero-order valence-corrected chi connectivity index (χ0v) is 14.5. The third kappa shape index (κ3) is 3.14. The van der Waals surface area contributed by atoms with E-state index in [0.717, 1.165) is 33.4 Å². The molecule has 2 heterocycles. The molecule has 0 aliphatic heterocycles. The monoisotopic (exact) mass is 344 g/mol. The second-order valence-corrected chi connectivity index (χ2v) is 6.41. The van der Waals surface area contributed by atoms with E-state index in [4.69, 9.17) is 4.99 Å². The highest BCUT2D eigenvalue weighted by atomic mass is 32.1. The van der Waals surface area contributed by atoms with Crippen LogP contribution < -0.4 is 0 Å². The number of benzene rings is 2. The maximum Gasteiger partial charge on any atom is 0.210 e. The molecule has 4 aromatic rings. The van der Waals surface area contributed by atoms with Crippen molar-refractivity contribution in [1.82, 2.24) is 14.8 Å². The molecule has 5 heteroatoms. The van der Waals surface area contributed by atoms with Crippen LogP contribution in [0.25, 0.3) is 5.13 Å². The normalized spacial score (nSPS) is 10.6. The Labute approximate surface area is 150 Å². The first kappa shape index (κ1) is 15.5. The highest BCUT2D eigenvalue weighted by Crippen LogP contribution is 2.24. The maximum absolute atomic E-state index is 4.94. The molecule has 2 aromatic heterocycles. The van der Waals surface area contributed by atoms with E-state index in [0.29, 0.717) is 0 Å². The van der Waals surface area contributed by atoms with Crippen LogP contribution in [0.15, 0.2) is 83.4 Å². The highest BCUT2D eigenvalue weighted by Gasteiger charge is 2.12. The van der Waals surface area contributed by atoms with Gasteiger partial charge in [-0.25, -0.2) is 14.7 Å². The van der Waals surface area contributed by atoms with Gasteiger partial charge in [0, 0.05) is 22.7 Å². The Bertz CT molecular complexity index is 945. The van der Waals surface area contributed by atoms with Crippen molar-refractivity contribution in [1.29, 1.82) is 0 Å². The molecule has 0 saturated carbocycles. The zero-order chi connectivity index (χ0) is 17.1. The number of aromatic nitrogens is 3. The minimum absolute atomic E-state index is 0.845. The Hall–Kier alpha value is -3.05. The van der Waals surface area contributed by atoms with Gasteiger partial charge in [-0.3, -0.25) is 0 Å². The Kier molecular flexibility index (Phi) is 4.23. The van der Waals surface area contributed by atoms with Gasteiger partial charge in [0.05, 0.1) is 17.6 Å². The van der Waals surface area contributed by atoms with E-state index in [-0.39, 0.29) is 0 Å². The molecule has 0 atom stereocenters. The first-order valence-electron chi connectivity index (χ1n) is 7.97. The van der Waals surface area contributed by atoms with Gasteiger partial charge in [0.15, 0.2) is 0 Å². The van der Waals surface area contributed by atoms with E-state index in [1.807, 2.05) is 53.4 Å². The first-order chi connectivity index (χ1) is 12.3. The molecular weight excluding hydrogens is 328 g/mol. The number of rotatable bonds is 4. The van der Waals surface area contributed by atoms with Crippen molar-refractivity contribution in [3.63, 3.8) is 0 Å². The summed E-state index contributed by atoms with van der Waals surface area (Å²) in [5, 5.41) is 7.25. The minimum atomic E-state index is 0.845. The van der Waals surface area contributed by atoms with Gasteiger partial charge in [-0.2, -0.15) is 5.10 Å². The van der Waals surface area contributed by atoms with Crippen LogP contribution in [0, 0.1) is 6.92 Å². The Morgan fingerprint density at radius 2 is 1.60 bits per heavy atom. The van der Waals surface area contributed by atoms with E-state index in [1.54, 1.807) is 23.7 Å². The molecule has 4 nitrogen and oxygen atoms in total. The molecule has 25 heavy (non-hydrogen) atoms. The number of nitrogens with zero attached hydrogens (tertiary/aromatic N) is 4. The van der Waals surface area contributed by atoms with Crippen molar-refractivity contribution in [3.05, 3.63) is 95.3 Å². The Morgan fingerprint density at radius 1 is 0.960 bits per heavy atom. The second-order valence-electron chi connectivity index (χ2n) is 5.53. The first-order valence-corrected chi connectivity index (χ1v) is 8.85. The summed E-state index contributed by atoms with van der Waals surface area (Å²) in [5.74, 6) is 0. The molecule has 0 aliphatic rings. The van der Waals surface area contributed by atoms with Crippen LogP contribution in [0.1, 0.15) is 16.8 Å². The lowest BCUT2D eigenvalue weighted by Crippen LogP contribution is -2.03. The molecule has 0 unspecified atom stereocenters. The van der Waals surface area contributed by atoms with E-state index < -0.39 is 0 Å². The van der Waals surface area contributed by atoms with Crippen LogP contribution in [-0.4, -0.2) is 20.5 Å². The van der Waals surface area contributed by atoms with Crippen molar-refractivity contribution >= 4 is 22.7 Å². The highest BCUT2D eigenvalue weighted by molar-refractivity contribution is 7.12. The van der Waals surface area contributed by atoms with Crippen molar-refractivity contribution in [2.75, 3.05) is 0 Å². The van der Waals surface area contributed by atoms with Gasteiger partial charge in [0.1, 0.15) is 5.69 Å². The third-order valence-electron chi connectivity index (χ3n) is 3.91. The zero-order valence-electron chi connectivity index (χ0n) is 13.7. The summed E-state index contributed by atoms with van der Waals surface area (Å²) in [6.07, 6.45) is 3.58. The summed E-state index contributed by atoms with van der Waals surface area (Å²) in [7, 11) is 0. The van der Waals surface area contributed by atoms with Crippen LogP contribution in [-0.2, 0) is 0 Å². The number of hydrogen-bond donors (Lipinski definition) is 0. The largest absolute Gasteiger partial charge is 0.244 e. The molecule has 0 fully saturated rings. The van der Waals surface area contributed by atoms with E-state index in [2.05, 4.69) is 34.3 Å². The van der Waals surface area contributed by atoms with Crippen LogP contribution in [0.4, 0.5) is 5.69 Å². The lowest BCUT2D eigenvalue weighted by atomic mass is 10.0. The number of thiazole rings is 1. The number of aliphatic imine (C=N–C) groups is 1. The van der Waals surface area contributed by atoms with E-state index in [9.17, 15) is 0 Å². The van der Waals surface area contributed by atoms with Crippen LogP contribution in [0.5, 0.6) is 0 Å². The van der Waals surface area contributed by atoms with Gasteiger partial charge in [-0.15, -0.1) is 11.3 Å². The smallest absolute Gasteiger partial charge is 0.210 e.